The van der Waals surface area contributed by atoms with Gasteiger partial charge in [0.25, 0.3) is 0 Å². The van der Waals surface area contributed by atoms with Crippen LogP contribution in [0.2, 0.25) is 0 Å². The van der Waals surface area contributed by atoms with Crippen molar-refractivity contribution < 1.29 is 5.11 Å². The van der Waals surface area contributed by atoms with E-state index in [1.54, 1.807) is 0 Å². The first-order chi connectivity index (χ1) is 8.45. The average molecular weight is 273 g/mol. The second-order valence-corrected chi connectivity index (χ2v) is 5.26. The Labute approximate surface area is 116 Å². The maximum Gasteiger partial charge on any atom is 0.0476 e. The minimum atomic E-state index is 0.331. The van der Waals surface area contributed by atoms with E-state index < -0.39 is 0 Å². The SMILES string of the molecule is CC(C)=C/C(Cl)=C\C1=CCNN1.CC(C)CCO. The first-order valence-electron chi connectivity index (χ1n) is 6.27. The number of hydrazine groups is 1. The Morgan fingerprint density at radius 3 is 2.50 bits per heavy atom. The maximum absolute atomic E-state index is 8.24. The van der Waals surface area contributed by atoms with Crippen molar-refractivity contribution in [3.05, 3.63) is 34.5 Å². The van der Waals surface area contributed by atoms with Gasteiger partial charge in [-0.25, -0.2) is 5.43 Å². The second kappa shape index (κ2) is 10.2. The molecular formula is C14H25ClN2O. The molecule has 0 atom stereocenters. The largest absolute Gasteiger partial charge is 0.396 e. The normalized spacial score (nSPS) is 14.6. The zero-order chi connectivity index (χ0) is 14.0. The number of rotatable bonds is 4. The summed E-state index contributed by atoms with van der Waals surface area (Å²) < 4.78 is 0. The number of aliphatic hydroxyl groups excluding tert-OH is 1. The Bertz CT molecular complexity index is 316. The summed E-state index contributed by atoms with van der Waals surface area (Å²) in [7, 11) is 0. The van der Waals surface area contributed by atoms with Gasteiger partial charge in [0.2, 0.25) is 0 Å². The van der Waals surface area contributed by atoms with Crippen molar-refractivity contribution in [2.24, 2.45) is 5.92 Å². The first kappa shape index (κ1) is 17.2. The lowest BCUT2D eigenvalue weighted by molar-refractivity contribution is 0.268. The molecule has 1 rings (SSSR count). The Morgan fingerprint density at radius 2 is 2.17 bits per heavy atom. The van der Waals surface area contributed by atoms with Crippen LogP contribution in [0, 0.1) is 5.92 Å². The zero-order valence-corrected chi connectivity index (χ0v) is 12.5. The van der Waals surface area contributed by atoms with Crippen LogP contribution in [0.1, 0.15) is 34.1 Å². The van der Waals surface area contributed by atoms with Crippen molar-refractivity contribution in [2.75, 3.05) is 13.2 Å². The highest BCUT2D eigenvalue weighted by Crippen LogP contribution is 2.10. The molecule has 0 unspecified atom stereocenters. The number of aliphatic hydroxyl groups is 1. The van der Waals surface area contributed by atoms with E-state index in [1.165, 1.54) is 5.57 Å². The molecule has 0 saturated heterocycles. The van der Waals surface area contributed by atoms with Crippen LogP contribution in [0.15, 0.2) is 34.5 Å². The summed E-state index contributed by atoms with van der Waals surface area (Å²) >= 11 is 5.93. The predicted octanol–water partition coefficient (Wildman–Crippen LogP) is 3.09. The number of hydrogen-bond donors (Lipinski definition) is 3. The third-order valence-electron chi connectivity index (χ3n) is 2.08. The molecule has 0 aliphatic carbocycles. The highest BCUT2D eigenvalue weighted by molar-refractivity contribution is 6.31. The molecule has 1 heterocycles. The van der Waals surface area contributed by atoms with E-state index in [4.69, 9.17) is 16.7 Å². The van der Waals surface area contributed by atoms with Crippen molar-refractivity contribution >= 4 is 11.6 Å². The van der Waals surface area contributed by atoms with Crippen molar-refractivity contribution in [3.8, 4) is 0 Å². The molecular weight excluding hydrogens is 248 g/mol. The van der Waals surface area contributed by atoms with E-state index in [0.717, 1.165) is 23.7 Å². The molecule has 18 heavy (non-hydrogen) atoms. The van der Waals surface area contributed by atoms with E-state index >= 15 is 0 Å². The van der Waals surface area contributed by atoms with Gasteiger partial charge in [-0.15, -0.1) is 0 Å². The standard InChI is InChI=1S/C9H13ClN2.C5H12O/c1-7(2)5-8(10)6-9-3-4-11-12-9;1-5(2)3-4-6/h3,5-6,11-12H,4H2,1-2H3;5-6H,3-4H2,1-2H3/b8-6+;. The van der Waals surface area contributed by atoms with Gasteiger partial charge in [0, 0.05) is 23.9 Å². The van der Waals surface area contributed by atoms with Crippen LogP contribution in [0.4, 0.5) is 0 Å². The summed E-state index contributed by atoms with van der Waals surface area (Å²) in [5, 5.41) is 8.98. The fourth-order valence-electron chi connectivity index (χ4n) is 1.18. The van der Waals surface area contributed by atoms with E-state index in [0.29, 0.717) is 12.5 Å². The van der Waals surface area contributed by atoms with Gasteiger partial charge < -0.3 is 10.5 Å². The van der Waals surface area contributed by atoms with Crippen molar-refractivity contribution in [2.45, 2.75) is 34.1 Å². The van der Waals surface area contributed by atoms with Crippen LogP contribution in [-0.2, 0) is 0 Å². The highest BCUT2D eigenvalue weighted by atomic mass is 35.5. The molecule has 0 fully saturated rings. The molecule has 0 bridgehead atoms. The van der Waals surface area contributed by atoms with Crippen LogP contribution >= 0.6 is 11.6 Å². The molecule has 0 aromatic carbocycles. The van der Waals surface area contributed by atoms with Gasteiger partial charge in [-0.1, -0.05) is 31.0 Å². The topological polar surface area (TPSA) is 44.3 Å². The predicted molar refractivity (Wildman–Crippen MR) is 79.1 cm³/mol. The number of nitrogens with one attached hydrogen (secondary N) is 2. The van der Waals surface area contributed by atoms with Crippen LogP contribution in [-0.4, -0.2) is 18.3 Å². The molecule has 3 nitrogen and oxygen atoms in total. The number of halogens is 1. The third kappa shape index (κ3) is 10.4. The summed E-state index contributed by atoms with van der Waals surface area (Å²) in [6.45, 7) is 9.41. The minimum absolute atomic E-state index is 0.331. The lowest BCUT2D eigenvalue weighted by Crippen LogP contribution is -2.22. The average Bonchev–Trinajstić information content (AvgIpc) is 2.69. The zero-order valence-electron chi connectivity index (χ0n) is 11.8. The van der Waals surface area contributed by atoms with E-state index in [9.17, 15) is 0 Å². The van der Waals surface area contributed by atoms with Crippen LogP contribution in [0.5, 0.6) is 0 Å². The Balaban J connectivity index is 0.000000411. The molecule has 0 saturated carbocycles. The third-order valence-corrected chi connectivity index (χ3v) is 2.30. The lowest BCUT2D eigenvalue weighted by Gasteiger charge is -1.97. The van der Waals surface area contributed by atoms with Gasteiger partial charge in [0.15, 0.2) is 0 Å². The summed E-state index contributed by atoms with van der Waals surface area (Å²) in [5.41, 5.74) is 8.17. The summed E-state index contributed by atoms with van der Waals surface area (Å²) in [6, 6.07) is 0. The maximum atomic E-state index is 8.24. The highest BCUT2D eigenvalue weighted by Gasteiger charge is 1.98. The summed E-state index contributed by atoms with van der Waals surface area (Å²) in [4.78, 5) is 0. The minimum Gasteiger partial charge on any atom is -0.396 e. The number of allylic oxidation sites excluding steroid dienone is 4. The molecule has 0 aromatic heterocycles. The molecule has 104 valence electrons. The lowest BCUT2D eigenvalue weighted by atomic mass is 10.2. The Hall–Kier alpha value is -0.770. The van der Waals surface area contributed by atoms with Gasteiger partial charge in [-0.3, -0.25) is 0 Å². The molecule has 0 amide bonds. The van der Waals surface area contributed by atoms with Crippen molar-refractivity contribution in [1.82, 2.24) is 10.9 Å². The number of hydrogen-bond acceptors (Lipinski definition) is 3. The molecule has 0 spiro atoms. The monoisotopic (exact) mass is 272 g/mol. The van der Waals surface area contributed by atoms with Crippen molar-refractivity contribution in [1.29, 1.82) is 0 Å². The van der Waals surface area contributed by atoms with Gasteiger partial charge in [0.1, 0.15) is 0 Å². The van der Waals surface area contributed by atoms with Crippen molar-refractivity contribution in [3.63, 3.8) is 0 Å². The quantitative estimate of drug-likeness (QED) is 0.689. The van der Waals surface area contributed by atoms with Gasteiger partial charge in [-0.2, -0.15) is 0 Å². The van der Waals surface area contributed by atoms with E-state index in [1.807, 2.05) is 32.1 Å². The van der Waals surface area contributed by atoms with E-state index in [-0.39, 0.29) is 0 Å². The fourth-order valence-corrected chi connectivity index (χ4v) is 1.52. The Morgan fingerprint density at radius 1 is 1.50 bits per heavy atom. The molecule has 4 heteroatoms. The molecule has 0 aromatic rings. The smallest absolute Gasteiger partial charge is 0.0476 e. The van der Waals surface area contributed by atoms with E-state index in [2.05, 4.69) is 24.7 Å². The molecule has 1 aliphatic heterocycles. The Kier molecular flexibility index (Phi) is 9.74. The summed E-state index contributed by atoms with van der Waals surface area (Å²) in [6.07, 6.45) is 6.80. The van der Waals surface area contributed by atoms with Crippen LogP contribution < -0.4 is 10.9 Å². The molecule has 0 radical (unpaired) electrons. The first-order valence-corrected chi connectivity index (χ1v) is 6.65. The molecule has 1 aliphatic rings. The second-order valence-electron chi connectivity index (χ2n) is 4.82. The fraction of sp³-hybridized carbons (Fsp3) is 0.571. The molecule has 3 N–H and O–H groups in total. The van der Waals surface area contributed by atoms with Gasteiger partial charge in [0.05, 0.1) is 0 Å². The van der Waals surface area contributed by atoms with Crippen LogP contribution in [0.25, 0.3) is 0 Å². The summed E-state index contributed by atoms with van der Waals surface area (Å²) in [5.74, 6) is 0.648. The van der Waals surface area contributed by atoms with Gasteiger partial charge >= 0.3 is 0 Å². The van der Waals surface area contributed by atoms with Gasteiger partial charge in [-0.05, 0) is 44.4 Å². The van der Waals surface area contributed by atoms with Crippen LogP contribution in [0.3, 0.4) is 0 Å².